The van der Waals surface area contributed by atoms with Gasteiger partial charge in [-0.15, -0.1) is 5.12 Å². The molecule has 0 spiro atoms. The summed E-state index contributed by atoms with van der Waals surface area (Å²) in [5, 5.41) is -2.01. The fourth-order valence-electron chi connectivity index (χ4n) is 1.54. The maximum Gasteiger partial charge on any atom is 0.409 e. The summed E-state index contributed by atoms with van der Waals surface area (Å²) in [4.78, 5) is 0. The van der Waals surface area contributed by atoms with Gasteiger partial charge in [0.05, 0.1) is 12.4 Å². The summed E-state index contributed by atoms with van der Waals surface area (Å²) in [7, 11) is 0. The molecule has 1 aromatic rings. The van der Waals surface area contributed by atoms with Gasteiger partial charge in [-0.05, 0) is 0 Å². The Bertz CT molecular complexity index is 436. The van der Waals surface area contributed by atoms with Crippen molar-refractivity contribution in [3.05, 3.63) is 48.3 Å². The second-order valence-corrected chi connectivity index (χ2v) is 3.45. The topological polar surface area (TPSA) is 6.48 Å². The van der Waals surface area contributed by atoms with Crippen LogP contribution >= 0.6 is 0 Å². The molecule has 0 fully saturated rings. The molecular formula is C10H7F5N2. The van der Waals surface area contributed by atoms with E-state index in [2.05, 4.69) is 0 Å². The Morgan fingerprint density at radius 1 is 0.824 bits per heavy atom. The minimum absolute atomic E-state index is 0.112. The van der Waals surface area contributed by atoms with Crippen molar-refractivity contribution in [2.45, 2.75) is 11.8 Å². The van der Waals surface area contributed by atoms with Gasteiger partial charge in [-0.3, -0.25) is 0 Å². The Morgan fingerprint density at radius 2 is 1.35 bits per heavy atom. The average Bonchev–Trinajstić information content (AvgIpc) is 2.33. The third-order valence-electron chi connectivity index (χ3n) is 2.45. The maximum atomic E-state index is 14.2. The van der Waals surface area contributed by atoms with Gasteiger partial charge in [-0.25, -0.2) is 4.39 Å². The monoisotopic (exact) mass is 250 g/mol. The fourth-order valence-corrected chi connectivity index (χ4v) is 1.54. The smallest absolute Gasteiger partial charge is 0.202 e. The zero-order valence-electron chi connectivity index (χ0n) is 8.33. The molecule has 1 heterocycles. The number of halogens is 5. The van der Waals surface area contributed by atoms with E-state index in [9.17, 15) is 22.1 Å². The van der Waals surface area contributed by atoms with E-state index in [4.69, 9.17) is 0 Å². The highest BCUT2D eigenvalue weighted by molar-refractivity contribution is 5.26. The Labute approximate surface area is 93.4 Å². The van der Waals surface area contributed by atoms with Crippen LogP contribution in [0.2, 0.25) is 0 Å². The highest BCUT2D eigenvalue weighted by atomic mass is 19.3. The van der Waals surface area contributed by atoms with Crippen molar-refractivity contribution in [1.82, 2.24) is 10.2 Å². The van der Waals surface area contributed by atoms with Gasteiger partial charge in [0.15, 0.2) is 0 Å². The Balaban J connectivity index is 2.58. The Kier molecular flexibility index (Phi) is 2.48. The third kappa shape index (κ3) is 1.45. The molecule has 0 radical (unpaired) electrons. The Morgan fingerprint density at radius 3 is 1.94 bits per heavy atom. The molecular weight excluding hydrogens is 243 g/mol. The van der Waals surface area contributed by atoms with E-state index in [0.29, 0.717) is 0 Å². The lowest BCUT2D eigenvalue weighted by Gasteiger charge is -2.40. The van der Waals surface area contributed by atoms with Gasteiger partial charge in [-0.2, -0.15) is 13.9 Å². The van der Waals surface area contributed by atoms with Gasteiger partial charge in [0.2, 0.25) is 0 Å². The molecule has 92 valence electrons. The summed E-state index contributed by atoms with van der Waals surface area (Å²) in [5.41, 5.74) is -0.681. The molecule has 1 aliphatic rings. The van der Waals surface area contributed by atoms with E-state index in [1.54, 1.807) is 0 Å². The van der Waals surface area contributed by atoms with Crippen LogP contribution in [0, 0.1) is 0 Å². The van der Waals surface area contributed by atoms with Crippen LogP contribution in [0.25, 0.3) is 0 Å². The molecule has 2 nitrogen and oxygen atoms in total. The predicted octanol–water partition coefficient (Wildman–Crippen LogP) is 3.26. The first kappa shape index (κ1) is 11.7. The molecule has 1 aliphatic heterocycles. The van der Waals surface area contributed by atoms with Crippen LogP contribution in [0.4, 0.5) is 22.1 Å². The molecule has 0 aliphatic carbocycles. The molecule has 2 rings (SSSR count). The fraction of sp³-hybridized carbons (Fsp3) is 0.200. The van der Waals surface area contributed by atoms with E-state index >= 15 is 0 Å². The number of benzene rings is 1. The molecule has 1 aromatic carbocycles. The maximum absolute atomic E-state index is 14.2. The van der Waals surface area contributed by atoms with Gasteiger partial charge in [0.25, 0.3) is 0 Å². The van der Waals surface area contributed by atoms with E-state index in [1.165, 1.54) is 18.2 Å². The van der Waals surface area contributed by atoms with E-state index in [0.717, 1.165) is 12.1 Å². The van der Waals surface area contributed by atoms with Crippen LogP contribution in [-0.2, 0) is 5.79 Å². The van der Waals surface area contributed by atoms with E-state index in [1.807, 2.05) is 0 Å². The molecule has 17 heavy (non-hydrogen) atoms. The van der Waals surface area contributed by atoms with Crippen molar-refractivity contribution in [3.63, 3.8) is 0 Å². The van der Waals surface area contributed by atoms with Crippen LogP contribution in [0.3, 0.4) is 0 Å². The van der Waals surface area contributed by atoms with E-state index in [-0.39, 0.29) is 12.4 Å². The number of rotatable bonds is 1. The van der Waals surface area contributed by atoms with Gasteiger partial charge >= 0.3 is 11.8 Å². The lowest BCUT2D eigenvalue weighted by Crippen LogP contribution is -2.58. The molecule has 0 aromatic heterocycles. The van der Waals surface area contributed by atoms with Crippen molar-refractivity contribution < 1.29 is 22.1 Å². The molecule has 7 heteroatoms. The number of hydrogen-bond donors (Lipinski definition) is 0. The first-order valence-corrected chi connectivity index (χ1v) is 4.61. The van der Waals surface area contributed by atoms with Crippen LogP contribution in [0.5, 0.6) is 0 Å². The van der Waals surface area contributed by atoms with Crippen molar-refractivity contribution >= 4 is 0 Å². The Hall–Kier alpha value is -1.79. The van der Waals surface area contributed by atoms with E-state index < -0.39 is 27.6 Å². The summed E-state index contributed by atoms with van der Waals surface area (Å²) >= 11 is 0. The average molecular weight is 250 g/mol. The summed E-state index contributed by atoms with van der Waals surface area (Å²) in [6.07, 6.45) is 0.366. The molecule has 0 amide bonds. The summed E-state index contributed by atoms with van der Waals surface area (Å²) < 4.78 is 67.2. The molecule has 0 bridgehead atoms. The SMILES string of the molecule is FN1C=CN(F)C(F)(c2ccccc2)C1(F)F. The van der Waals surface area contributed by atoms with Crippen LogP contribution in [0.15, 0.2) is 42.7 Å². The normalized spacial score (nSPS) is 27.4. The first-order chi connectivity index (χ1) is 7.90. The standard InChI is InChI=1S/C10H7F5N2/c11-9(8-4-2-1-3-5-8)10(12,13)17(15)7-6-16(9)14/h1-7H. The number of nitrogens with zero attached hydrogens (tertiary/aromatic N) is 2. The molecule has 1 unspecified atom stereocenters. The quantitative estimate of drug-likeness (QED) is 0.429. The zero-order chi connectivity index (χ0) is 12.7. The third-order valence-corrected chi connectivity index (χ3v) is 2.45. The summed E-state index contributed by atoms with van der Waals surface area (Å²) in [6.45, 7) is 0. The van der Waals surface area contributed by atoms with Crippen LogP contribution < -0.4 is 0 Å². The molecule has 1 atom stereocenters. The second kappa shape index (κ2) is 3.61. The number of alkyl halides is 3. The van der Waals surface area contributed by atoms with Gasteiger partial charge < -0.3 is 0 Å². The molecule has 0 saturated carbocycles. The molecule has 0 N–H and O–H groups in total. The van der Waals surface area contributed by atoms with Crippen molar-refractivity contribution in [3.8, 4) is 0 Å². The second-order valence-electron chi connectivity index (χ2n) is 3.45. The van der Waals surface area contributed by atoms with Gasteiger partial charge in [0, 0.05) is 5.56 Å². The first-order valence-electron chi connectivity index (χ1n) is 4.61. The van der Waals surface area contributed by atoms with Crippen molar-refractivity contribution in [2.75, 3.05) is 0 Å². The lowest BCUT2D eigenvalue weighted by molar-refractivity contribution is -0.355. The highest BCUT2D eigenvalue weighted by Gasteiger charge is 2.66. The van der Waals surface area contributed by atoms with Crippen LogP contribution in [-0.4, -0.2) is 16.3 Å². The van der Waals surface area contributed by atoms with Crippen molar-refractivity contribution in [1.29, 1.82) is 0 Å². The minimum atomic E-state index is -4.67. The van der Waals surface area contributed by atoms with Crippen molar-refractivity contribution in [2.24, 2.45) is 0 Å². The lowest BCUT2D eigenvalue weighted by atomic mass is 10.0. The number of hydrogen-bond acceptors (Lipinski definition) is 2. The molecule has 0 saturated heterocycles. The predicted molar refractivity (Wildman–Crippen MR) is 49.2 cm³/mol. The highest BCUT2D eigenvalue weighted by Crippen LogP contribution is 2.49. The minimum Gasteiger partial charge on any atom is -0.202 e. The zero-order valence-corrected chi connectivity index (χ0v) is 8.33. The summed E-state index contributed by atoms with van der Waals surface area (Å²) in [5.74, 6) is -3.90. The van der Waals surface area contributed by atoms with Crippen LogP contribution in [0.1, 0.15) is 5.56 Å². The van der Waals surface area contributed by atoms with Gasteiger partial charge in [-0.1, -0.05) is 39.3 Å². The summed E-state index contributed by atoms with van der Waals surface area (Å²) in [6, 6.07) is 1.18. The largest absolute Gasteiger partial charge is 0.409 e. The van der Waals surface area contributed by atoms with Gasteiger partial charge in [0.1, 0.15) is 0 Å².